The van der Waals surface area contributed by atoms with Crippen molar-refractivity contribution in [2.45, 2.75) is 20.3 Å². The van der Waals surface area contributed by atoms with Crippen LogP contribution in [0.15, 0.2) is 12.3 Å². The maximum absolute atomic E-state index is 9.07. The molecule has 5 heteroatoms. The van der Waals surface area contributed by atoms with Gasteiger partial charge in [0.05, 0.1) is 12.2 Å². The molecule has 0 aliphatic rings. The number of amidine groups is 1. The summed E-state index contributed by atoms with van der Waals surface area (Å²) in [7, 11) is 0. The molecule has 0 spiro atoms. The maximum Gasteiger partial charge on any atom is 0.139 e. The SMILES string of the molecule is CCCN(CCO)c1nccc(C)c1C(=N)N. The van der Waals surface area contributed by atoms with Crippen molar-refractivity contribution in [2.75, 3.05) is 24.6 Å². The summed E-state index contributed by atoms with van der Waals surface area (Å²) in [5, 5.41) is 16.7. The van der Waals surface area contributed by atoms with Crippen molar-refractivity contribution in [3.63, 3.8) is 0 Å². The van der Waals surface area contributed by atoms with Crippen LogP contribution in [0, 0.1) is 12.3 Å². The third-order valence-electron chi connectivity index (χ3n) is 2.57. The Kier molecular flexibility index (Phi) is 4.90. The third kappa shape index (κ3) is 3.17. The van der Waals surface area contributed by atoms with Crippen LogP contribution in [0.1, 0.15) is 24.5 Å². The van der Waals surface area contributed by atoms with E-state index in [2.05, 4.69) is 11.9 Å². The topological polar surface area (TPSA) is 86.2 Å². The molecule has 1 rings (SSSR count). The number of hydrogen-bond donors (Lipinski definition) is 3. The van der Waals surface area contributed by atoms with E-state index in [0.29, 0.717) is 17.9 Å². The summed E-state index contributed by atoms with van der Waals surface area (Å²) in [6.45, 7) is 5.33. The van der Waals surface area contributed by atoms with Gasteiger partial charge < -0.3 is 15.7 Å². The van der Waals surface area contributed by atoms with Crippen molar-refractivity contribution in [2.24, 2.45) is 5.73 Å². The van der Waals surface area contributed by atoms with Gasteiger partial charge in [0.2, 0.25) is 0 Å². The van der Waals surface area contributed by atoms with Gasteiger partial charge in [0.15, 0.2) is 0 Å². The molecule has 0 aromatic carbocycles. The lowest BCUT2D eigenvalue weighted by Gasteiger charge is -2.25. The summed E-state index contributed by atoms with van der Waals surface area (Å²) in [5.41, 5.74) is 7.19. The number of aryl methyl sites for hydroxylation is 1. The minimum Gasteiger partial charge on any atom is -0.395 e. The average Bonchev–Trinajstić information content (AvgIpc) is 2.28. The van der Waals surface area contributed by atoms with E-state index in [1.54, 1.807) is 6.20 Å². The predicted octanol–water partition coefficient (Wildman–Crippen LogP) is 0.883. The van der Waals surface area contributed by atoms with Crippen LogP contribution in [0.25, 0.3) is 0 Å². The predicted molar refractivity (Wildman–Crippen MR) is 69.6 cm³/mol. The fourth-order valence-corrected chi connectivity index (χ4v) is 1.83. The number of nitrogens with zero attached hydrogens (tertiary/aromatic N) is 2. The number of pyridine rings is 1. The first-order chi connectivity index (χ1) is 8.11. The lowest BCUT2D eigenvalue weighted by Crippen LogP contribution is -2.31. The number of nitrogens with one attached hydrogen (secondary N) is 1. The van der Waals surface area contributed by atoms with Gasteiger partial charge in [-0.2, -0.15) is 0 Å². The summed E-state index contributed by atoms with van der Waals surface area (Å²) >= 11 is 0. The number of aliphatic hydroxyl groups excluding tert-OH is 1. The van der Waals surface area contributed by atoms with Crippen LogP contribution < -0.4 is 10.6 Å². The standard InChI is InChI=1S/C12H20N4O/c1-3-6-16(7-8-17)12-10(11(13)14)9(2)4-5-15-12/h4-5,17H,3,6-8H2,1-2H3,(H3,13,14). The molecule has 1 heterocycles. The molecule has 0 aliphatic carbocycles. The van der Waals surface area contributed by atoms with E-state index in [9.17, 15) is 0 Å². The van der Waals surface area contributed by atoms with Crippen molar-refractivity contribution >= 4 is 11.7 Å². The Morgan fingerprint density at radius 1 is 1.53 bits per heavy atom. The van der Waals surface area contributed by atoms with Gasteiger partial charge in [0.25, 0.3) is 0 Å². The van der Waals surface area contributed by atoms with Crippen molar-refractivity contribution < 1.29 is 5.11 Å². The van der Waals surface area contributed by atoms with E-state index in [0.717, 1.165) is 18.5 Å². The van der Waals surface area contributed by atoms with Crippen LogP contribution in [0.3, 0.4) is 0 Å². The number of nitrogen functional groups attached to an aromatic ring is 1. The second-order valence-corrected chi connectivity index (χ2v) is 3.95. The van der Waals surface area contributed by atoms with Crippen LogP contribution in [0.5, 0.6) is 0 Å². The largest absolute Gasteiger partial charge is 0.395 e. The molecule has 0 saturated heterocycles. The Hall–Kier alpha value is -1.62. The smallest absolute Gasteiger partial charge is 0.139 e. The van der Waals surface area contributed by atoms with Gasteiger partial charge >= 0.3 is 0 Å². The first kappa shape index (κ1) is 13.4. The van der Waals surface area contributed by atoms with Gasteiger partial charge in [0, 0.05) is 19.3 Å². The van der Waals surface area contributed by atoms with E-state index in [1.807, 2.05) is 17.9 Å². The van der Waals surface area contributed by atoms with E-state index >= 15 is 0 Å². The zero-order valence-electron chi connectivity index (χ0n) is 10.4. The van der Waals surface area contributed by atoms with Gasteiger partial charge in [-0.05, 0) is 25.0 Å². The number of aliphatic hydroxyl groups is 1. The Bertz CT molecular complexity index is 386. The summed E-state index contributed by atoms with van der Waals surface area (Å²) in [4.78, 5) is 6.25. The molecule has 0 bridgehead atoms. The first-order valence-electron chi connectivity index (χ1n) is 5.77. The molecule has 0 fully saturated rings. The number of rotatable bonds is 6. The molecule has 4 N–H and O–H groups in total. The van der Waals surface area contributed by atoms with Crippen LogP contribution in [-0.2, 0) is 0 Å². The van der Waals surface area contributed by atoms with Crippen LogP contribution in [0.2, 0.25) is 0 Å². The second kappa shape index (κ2) is 6.20. The van der Waals surface area contributed by atoms with E-state index < -0.39 is 0 Å². The average molecular weight is 236 g/mol. The number of nitrogens with two attached hydrogens (primary N) is 1. The number of anilines is 1. The minimum atomic E-state index is 0.0182. The lowest BCUT2D eigenvalue weighted by molar-refractivity contribution is 0.301. The molecule has 0 unspecified atom stereocenters. The molecule has 0 atom stereocenters. The minimum absolute atomic E-state index is 0.0182. The number of hydrogen-bond acceptors (Lipinski definition) is 4. The van der Waals surface area contributed by atoms with Gasteiger partial charge in [-0.15, -0.1) is 0 Å². The highest BCUT2D eigenvalue weighted by Crippen LogP contribution is 2.20. The van der Waals surface area contributed by atoms with Crippen molar-refractivity contribution in [1.82, 2.24) is 4.98 Å². The monoisotopic (exact) mass is 236 g/mol. The first-order valence-corrected chi connectivity index (χ1v) is 5.77. The lowest BCUT2D eigenvalue weighted by atomic mass is 10.1. The Morgan fingerprint density at radius 3 is 2.76 bits per heavy atom. The fourth-order valence-electron chi connectivity index (χ4n) is 1.83. The van der Waals surface area contributed by atoms with E-state index in [1.165, 1.54) is 0 Å². The van der Waals surface area contributed by atoms with E-state index in [4.69, 9.17) is 16.2 Å². The van der Waals surface area contributed by atoms with Gasteiger partial charge in [-0.25, -0.2) is 4.98 Å². The zero-order valence-corrected chi connectivity index (χ0v) is 10.4. The zero-order chi connectivity index (χ0) is 12.8. The van der Waals surface area contributed by atoms with Crippen molar-refractivity contribution in [1.29, 1.82) is 5.41 Å². The molecule has 0 saturated carbocycles. The van der Waals surface area contributed by atoms with E-state index in [-0.39, 0.29) is 12.4 Å². The Labute approximate surface area is 102 Å². The second-order valence-electron chi connectivity index (χ2n) is 3.95. The van der Waals surface area contributed by atoms with Crippen molar-refractivity contribution in [3.05, 3.63) is 23.4 Å². The Morgan fingerprint density at radius 2 is 2.24 bits per heavy atom. The molecular formula is C12H20N4O. The maximum atomic E-state index is 9.07. The summed E-state index contributed by atoms with van der Waals surface area (Å²) in [5.74, 6) is 0.707. The third-order valence-corrected chi connectivity index (χ3v) is 2.57. The molecule has 17 heavy (non-hydrogen) atoms. The van der Waals surface area contributed by atoms with Gasteiger partial charge in [0.1, 0.15) is 11.7 Å². The molecule has 0 radical (unpaired) electrons. The molecule has 1 aromatic heterocycles. The van der Waals surface area contributed by atoms with Gasteiger partial charge in [-0.1, -0.05) is 6.92 Å². The van der Waals surface area contributed by atoms with Crippen LogP contribution in [-0.4, -0.2) is 35.6 Å². The highest BCUT2D eigenvalue weighted by Gasteiger charge is 2.15. The molecular weight excluding hydrogens is 216 g/mol. The van der Waals surface area contributed by atoms with Gasteiger partial charge in [-0.3, -0.25) is 5.41 Å². The summed E-state index contributed by atoms with van der Waals surface area (Å²) < 4.78 is 0. The van der Waals surface area contributed by atoms with Crippen LogP contribution in [0.4, 0.5) is 5.82 Å². The normalized spacial score (nSPS) is 10.3. The molecule has 0 aliphatic heterocycles. The molecule has 5 nitrogen and oxygen atoms in total. The Balaban J connectivity index is 3.17. The molecule has 0 amide bonds. The summed E-state index contributed by atoms with van der Waals surface area (Å²) in [6.07, 6.45) is 2.66. The van der Waals surface area contributed by atoms with Crippen molar-refractivity contribution in [3.8, 4) is 0 Å². The molecule has 94 valence electrons. The fraction of sp³-hybridized carbons (Fsp3) is 0.500. The highest BCUT2D eigenvalue weighted by atomic mass is 16.3. The van der Waals surface area contributed by atoms with Crippen LogP contribution >= 0.6 is 0 Å². The summed E-state index contributed by atoms with van der Waals surface area (Å²) in [6, 6.07) is 1.84. The number of aromatic nitrogens is 1. The quantitative estimate of drug-likeness (QED) is 0.505. The highest BCUT2D eigenvalue weighted by molar-refractivity contribution is 6.00. The molecule has 1 aromatic rings.